The average Bonchev–Trinajstić information content (AvgIpc) is 2.65. The van der Waals surface area contributed by atoms with Crippen molar-refractivity contribution in [1.82, 2.24) is 5.32 Å². The normalized spacial score (nSPS) is 31.5. The van der Waals surface area contributed by atoms with E-state index in [0.29, 0.717) is 5.41 Å². The van der Waals surface area contributed by atoms with E-state index in [9.17, 15) is 0 Å². The first kappa shape index (κ1) is 11.1. The Kier molecular flexibility index (Phi) is 2.83. The lowest BCUT2D eigenvalue weighted by Crippen LogP contribution is -2.40. The van der Waals surface area contributed by atoms with Gasteiger partial charge in [0.25, 0.3) is 0 Å². The van der Waals surface area contributed by atoms with E-state index in [2.05, 4.69) is 29.6 Å². The molecule has 3 rings (SSSR count). The standard InChI is InChI=1S/C15H21NO/c1-17-14-4-2-12(3-5-14)8-15-7-6-13(9-15)10-16-11-15/h2-5,13,16H,6-11H2,1H3. The van der Waals surface area contributed by atoms with Crippen LogP contribution in [0.1, 0.15) is 24.8 Å². The minimum atomic E-state index is 0.539. The second-order valence-electron chi connectivity index (χ2n) is 5.76. The topological polar surface area (TPSA) is 21.3 Å². The summed E-state index contributed by atoms with van der Waals surface area (Å²) in [5.41, 5.74) is 1.99. The van der Waals surface area contributed by atoms with Gasteiger partial charge < -0.3 is 10.1 Å². The summed E-state index contributed by atoms with van der Waals surface area (Å²) in [5, 5.41) is 3.61. The van der Waals surface area contributed by atoms with Gasteiger partial charge in [-0.1, -0.05) is 12.1 Å². The molecule has 1 aromatic carbocycles. The third kappa shape index (κ3) is 2.19. The monoisotopic (exact) mass is 231 g/mol. The third-order valence-electron chi connectivity index (χ3n) is 4.48. The molecule has 2 unspecified atom stereocenters. The van der Waals surface area contributed by atoms with Crippen LogP contribution in [0.25, 0.3) is 0 Å². The van der Waals surface area contributed by atoms with Gasteiger partial charge in [-0.25, -0.2) is 0 Å². The molecule has 2 aliphatic rings. The Labute approximate surface area is 103 Å². The lowest BCUT2D eigenvalue weighted by molar-refractivity contribution is 0.229. The smallest absolute Gasteiger partial charge is 0.118 e. The van der Waals surface area contributed by atoms with Crippen LogP contribution in [0.3, 0.4) is 0 Å². The van der Waals surface area contributed by atoms with Crippen molar-refractivity contribution in [3.63, 3.8) is 0 Å². The maximum Gasteiger partial charge on any atom is 0.118 e. The van der Waals surface area contributed by atoms with Crippen LogP contribution in [0, 0.1) is 11.3 Å². The van der Waals surface area contributed by atoms with Crippen molar-refractivity contribution in [2.45, 2.75) is 25.7 Å². The summed E-state index contributed by atoms with van der Waals surface area (Å²) in [5.74, 6) is 1.89. The highest BCUT2D eigenvalue weighted by Crippen LogP contribution is 2.45. The Morgan fingerprint density at radius 3 is 2.94 bits per heavy atom. The predicted molar refractivity (Wildman–Crippen MR) is 69.3 cm³/mol. The number of fused-ring (bicyclic) bond motifs is 2. The SMILES string of the molecule is COc1ccc(CC23CCC(CNC2)C3)cc1. The van der Waals surface area contributed by atoms with Crippen LogP contribution in [0.5, 0.6) is 5.75 Å². The molecule has 1 aromatic rings. The molecule has 2 bridgehead atoms. The van der Waals surface area contributed by atoms with E-state index in [1.54, 1.807) is 7.11 Å². The Balaban J connectivity index is 1.73. The summed E-state index contributed by atoms with van der Waals surface area (Å²) in [7, 11) is 1.72. The molecule has 2 nitrogen and oxygen atoms in total. The van der Waals surface area contributed by atoms with Gasteiger partial charge in [0, 0.05) is 6.54 Å². The van der Waals surface area contributed by atoms with Gasteiger partial charge in [-0.3, -0.25) is 0 Å². The molecule has 2 atom stereocenters. The summed E-state index contributed by atoms with van der Waals surface area (Å²) >= 11 is 0. The highest BCUT2D eigenvalue weighted by molar-refractivity contribution is 5.28. The maximum absolute atomic E-state index is 5.21. The minimum absolute atomic E-state index is 0.539. The van der Waals surface area contributed by atoms with E-state index < -0.39 is 0 Å². The Morgan fingerprint density at radius 2 is 2.18 bits per heavy atom. The first-order valence-electron chi connectivity index (χ1n) is 6.63. The van der Waals surface area contributed by atoms with E-state index in [0.717, 1.165) is 11.7 Å². The van der Waals surface area contributed by atoms with Gasteiger partial charge in [-0.05, 0) is 61.3 Å². The molecule has 1 saturated carbocycles. The van der Waals surface area contributed by atoms with E-state index >= 15 is 0 Å². The quantitative estimate of drug-likeness (QED) is 0.863. The van der Waals surface area contributed by atoms with E-state index in [4.69, 9.17) is 4.74 Å². The van der Waals surface area contributed by atoms with Crippen LogP contribution in [-0.2, 0) is 6.42 Å². The van der Waals surface area contributed by atoms with E-state index in [-0.39, 0.29) is 0 Å². The third-order valence-corrected chi connectivity index (χ3v) is 4.48. The zero-order valence-electron chi connectivity index (χ0n) is 10.5. The Hall–Kier alpha value is -1.02. The molecule has 0 spiro atoms. The van der Waals surface area contributed by atoms with Gasteiger partial charge in [-0.2, -0.15) is 0 Å². The zero-order valence-corrected chi connectivity index (χ0v) is 10.5. The van der Waals surface area contributed by atoms with Crippen molar-refractivity contribution in [2.75, 3.05) is 20.2 Å². The van der Waals surface area contributed by atoms with Crippen molar-refractivity contribution in [2.24, 2.45) is 11.3 Å². The second-order valence-corrected chi connectivity index (χ2v) is 5.76. The highest BCUT2D eigenvalue weighted by Gasteiger charge is 2.41. The van der Waals surface area contributed by atoms with E-state index in [1.165, 1.54) is 44.3 Å². The number of rotatable bonds is 3. The van der Waals surface area contributed by atoms with Crippen LogP contribution in [0.15, 0.2) is 24.3 Å². The minimum Gasteiger partial charge on any atom is -0.497 e. The van der Waals surface area contributed by atoms with Crippen LogP contribution in [0.4, 0.5) is 0 Å². The van der Waals surface area contributed by atoms with Gasteiger partial charge in [0.05, 0.1) is 7.11 Å². The van der Waals surface area contributed by atoms with Crippen molar-refractivity contribution in [3.05, 3.63) is 29.8 Å². The average molecular weight is 231 g/mol. The first-order chi connectivity index (χ1) is 8.30. The molecule has 17 heavy (non-hydrogen) atoms. The highest BCUT2D eigenvalue weighted by atomic mass is 16.5. The van der Waals surface area contributed by atoms with Crippen LogP contribution in [0.2, 0.25) is 0 Å². The van der Waals surface area contributed by atoms with Crippen molar-refractivity contribution >= 4 is 0 Å². The van der Waals surface area contributed by atoms with Crippen LogP contribution in [-0.4, -0.2) is 20.2 Å². The van der Waals surface area contributed by atoms with Crippen LogP contribution < -0.4 is 10.1 Å². The number of benzene rings is 1. The Morgan fingerprint density at radius 1 is 1.35 bits per heavy atom. The summed E-state index contributed by atoms with van der Waals surface area (Å²) in [4.78, 5) is 0. The number of hydrogen-bond donors (Lipinski definition) is 1. The van der Waals surface area contributed by atoms with Crippen LogP contribution >= 0.6 is 0 Å². The Bertz CT molecular complexity index is 382. The summed E-state index contributed by atoms with van der Waals surface area (Å²) < 4.78 is 5.21. The van der Waals surface area contributed by atoms with Gasteiger partial charge in [0.2, 0.25) is 0 Å². The summed E-state index contributed by atoms with van der Waals surface area (Å²) in [6.07, 6.45) is 5.46. The molecule has 92 valence electrons. The number of hydrogen-bond acceptors (Lipinski definition) is 2. The summed E-state index contributed by atoms with van der Waals surface area (Å²) in [6.45, 7) is 2.44. The molecule has 1 saturated heterocycles. The molecule has 0 radical (unpaired) electrons. The fraction of sp³-hybridized carbons (Fsp3) is 0.600. The van der Waals surface area contributed by atoms with Gasteiger partial charge in [0.15, 0.2) is 0 Å². The maximum atomic E-state index is 5.21. The second kappa shape index (κ2) is 4.34. The van der Waals surface area contributed by atoms with Crippen molar-refractivity contribution in [3.8, 4) is 5.75 Å². The molecule has 0 amide bonds. The number of ether oxygens (including phenoxy) is 1. The predicted octanol–water partition coefficient (Wildman–Crippen LogP) is 2.63. The number of nitrogens with one attached hydrogen (secondary N) is 1. The van der Waals surface area contributed by atoms with Gasteiger partial charge >= 0.3 is 0 Å². The molecule has 1 aliphatic carbocycles. The van der Waals surface area contributed by atoms with Crippen molar-refractivity contribution < 1.29 is 4.74 Å². The van der Waals surface area contributed by atoms with Crippen molar-refractivity contribution in [1.29, 1.82) is 0 Å². The lowest BCUT2D eigenvalue weighted by Gasteiger charge is -2.34. The van der Waals surface area contributed by atoms with Gasteiger partial charge in [0.1, 0.15) is 5.75 Å². The largest absolute Gasteiger partial charge is 0.497 e. The molecule has 1 N–H and O–H groups in total. The molecule has 2 heteroatoms. The zero-order chi connectivity index (χ0) is 11.7. The molecule has 1 heterocycles. The summed E-state index contributed by atoms with van der Waals surface area (Å²) in [6, 6.07) is 8.59. The fourth-order valence-corrected chi connectivity index (χ4v) is 3.60. The van der Waals surface area contributed by atoms with Gasteiger partial charge in [-0.15, -0.1) is 0 Å². The molecule has 0 aromatic heterocycles. The number of piperidine rings is 1. The number of methoxy groups -OCH3 is 1. The lowest BCUT2D eigenvalue weighted by atomic mass is 9.77. The molecule has 2 fully saturated rings. The molecular weight excluding hydrogens is 210 g/mol. The molecule has 1 aliphatic heterocycles. The molecular formula is C15H21NO. The van der Waals surface area contributed by atoms with E-state index in [1.807, 2.05) is 0 Å². The fourth-order valence-electron chi connectivity index (χ4n) is 3.60. The first-order valence-corrected chi connectivity index (χ1v) is 6.63.